The van der Waals surface area contributed by atoms with Gasteiger partial charge in [-0.05, 0) is 48.7 Å². The Morgan fingerprint density at radius 2 is 2.23 bits per heavy atom. The first-order valence-electron chi connectivity index (χ1n) is 8.50. The first-order chi connectivity index (χ1) is 12.5. The zero-order valence-corrected chi connectivity index (χ0v) is 14.3. The largest absolute Gasteiger partial charge is 0.480 e. The molecule has 26 heavy (non-hydrogen) atoms. The van der Waals surface area contributed by atoms with Gasteiger partial charge in [-0.15, -0.1) is 0 Å². The molecule has 134 valence electrons. The fourth-order valence-electron chi connectivity index (χ4n) is 3.55. The first kappa shape index (κ1) is 16.5. The van der Waals surface area contributed by atoms with Crippen molar-refractivity contribution < 1.29 is 18.7 Å². The fraction of sp³-hybridized carbons (Fsp3) is 0.316. The molecule has 0 saturated carbocycles. The molecule has 0 fully saturated rings. The third-order valence-electron chi connectivity index (χ3n) is 4.92. The van der Waals surface area contributed by atoms with E-state index in [4.69, 9.17) is 4.74 Å². The van der Waals surface area contributed by atoms with Gasteiger partial charge in [0.15, 0.2) is 18.2 Å². The zero-order chi connectivity index (χ0) is 18.3. The number of hydrogen-bond donors (Lipinski definition) is 0. The smallest absolute Gasteiger partial charge is 0.266 e. The quantitative estimate of drug-likeness (QED) is 0.828. The van der Waals surface area contributed by atoms with Crippen molar-refractivity contribution in [3.63, 3.8) is 0 Å². The van der Waals surface area contributed by atoms with Gasteiger partial charge in [0.05, 0.1) is 6.04 Å². The summed E-state index contributed by atoms with van der Waals surface area (Å²) in [4.78, 5) is 32.4. The van der Waals surface area contributed by atoms with Crippen molar-refractivity contribution in [3.05, 3.63) is 53.5 Å². The summed E-state index contributed by atoms with van der Waals surface area (Å²) < 4.78 is 19.0. The van der Waals surface area contributed by atoms with Crippen molar-refractivity contribution >= 4 is 17.6 Å². The van der Waals surface area contributed by atoms with Crippen LogP contribution in [0.1, 0.15) is 24.1 Å². The van der Waals surface area contributed by atoms with E-state index < -0.39 is 0 Å². The molecule has 0 saturated heterocycles. The van der Waals surface area contributed by atoms with E-state index in [1.807, 2.05) is 6.92 Å². The molecule has 6 nitrogen and oxygen atoms in total. The van der Waals surface area contributed by atoms with Gasteiger partial charge >= 0.3 is 0 Å². The number of amides is 2. The lowest BCUT2D eigenvalue weighted by Crippen LogP contribution is -2.48. The van der Waals surface area contributed by atoms with Crippen LogP contribution in [0.2, 0.25) is 0 Å². The molecule has 0 radical (unpaired) electrons. The summed E-state index contributed by atoms with van der Waals surface area (Å²) in [6, 6.07) is 7.88. The van der Waals surface area contributed by atoms with Gasteiger partial charge in [0.25, 0.3) is 5.91 Å². The Balaban J connectivity index is 1.57. The zero-order valence-electron chi connectivity index (χ0n) is 14.3. The molecule has 0 N–H and O–H groups in total. The molecule has 7 heteroatoms. The van der Waals surface area contributed by atoms with Crippen LogP contribution < -0.4 is 9.64 Å². The van der Waals surface area contributed by atoms with Crippen LogP contribution in [0.25, 0.3) is 0 Å². The van der Waals surface area contributed by atoms with Crippen LogP contribution in [0.5, 0.6) is 5.75 Å². The highest BCUT2D eigenvalue weighted by molar-refractivity contribution is 6.01. The minimum atomic E-state index is -0.314. The number of carbonyl (C=O) groups is 2. The number of nitrogens with zero attached hydrogens (tertiary/aromatic N) is 3. The molecule has 4 rings (SSSR count). The van der Waals surface area contributed by atoms with Crippen molar-refractivity contribution in [1.82, 2.24) is 9.88 Å². The van der Waals surface area contributed by atoms with Crippen LogP contribution in [0.15, 0.2) is 36.5 Å². The Labute approximate surface area is 150 Å². The topological polar surface area (TPSA) is 62.7 Å². The van der Waals surface area contributed by atoms with Crippen molar-refractivity contribution in [2.24, 2.45) is 0 Å². The molecular weight excluding hydrogens is 337 g/mol. The van der Waals surface area contributed by atoms with E-state index >= 15 is 0 Å². The number of rotatable bonds is 2. The van der Waals surface area contributed by atoms with E-state index in [-0.39, 0.29) is 36.8 Å². The van der Waals surface area contributed by atoms with Gasteiger partial charge in [-0.2, -0.15) is 0 Å². The van der Waals surface area contributed by atoms with Gasteiger partial charge in [-0.3, -0.25) is 14.5 Å². The lowest BCUT2D eigenvalue weighted by atomic mass is 9.93. The molecule has 2 amide bonds. The molecule has 1 aromatic carbocycles. The molecule has 3 heterocycles. The molecule has 0 spiro atoms. The monoisotopic (exact) mass is 355 g/mol. The second-order valence-corrected chi connectivity index (χ2v) is 6.45. The average molecular weight is 355 g/mol. The van der Waals surface area contributed by atoms with Crippen molar-refractivity contribution in [3.8, 4) is 5.75 Å². The number of ether oxygens (including phenoxy) is 1. The Morgan fingerprint density at radius 1 is 1.38 bits per heavy atom. The number of benzene rings is 1. The van der Waals surface area contributed by atoms with E-state index in [2.05, 4.69) is 4.98 Å². The van der Waals surface area contributed by atoms with Crippen molar-refractivity contribution in [2.45, 2.75) is 19.4 Å². The van der Waals surface area contributed by atoms with Gasteiger partial charge in [0.2, 0.25) is 5.91 Å². The van der Waals surface area contributed by atoms with E-state index in [1.165, 1.54) is 17.0 Å². The maximum atomic E-state index is 13.6. The Kier molecular flexibility index (Phi) is 4.06. The normalized spacial score (nSPS) is 18.8. The standard InChI is InChI=1S/C19H18FN3O3/c1-12-15-9-14(20)5-4-13(15)6-8-22(12)17(24)10-23-18(25)11-26-16-3-2-7-21-19(16)23/h2-5,7,9,12H,6,8,10-11H2,1H3/t12-/m0/s1. The number of hydrogen-bond acceptors (Lipinski definition) is 4. The lowest BCUT2D eigenvalue weighted by Gasteiger charge is -2.37. The SMILES string of the molecule is C[C@H]1c2cc(F)ccc2CCN1C(=O)CN1C(=O)COc2cccnc21. The maximum absolute atomic E-state index is 13.6. The number of carbonyl (C=O) groups excluding carboxylic acids is 2. The highest BCUT2D eigenvalue weighted by Gasteiger charge is 2.33. The average Bonchev–Trinajstić information content (AvgIpc) is 2.65. The molecule has 0 unspecified atom stereocenters. The minimum Gasteiger partial charge on any atom is -0.480 e. The molecular formula is C19H18FN3O3. The number of halogens is 1. The van der Waals surface area contributed by atoms with Crippen LogP contribution in [-0.4, -0.2) is 41.4 Å². The van der Waals surface area contributed by atoms with E-state index in [0.717, 1.165) is 11.1 Å². The van der Waals surface area contributed by atoms with Crippen molar-refractivity contribution in [2.75, 3.05) is 24.6 Å². The van der Waals surface area contributed by atoms with Crippen LogP contribution in [0.3, 0.4) is 0 Å². The Hall–Kier alpha value is -2.96. The van der Waals surface area contributed by atoms with Crippen LogP contribution >= 0.6 is 0 Å². The molecule has 0 aliphatic carbocycles. The second kappa shape index (κ2) is 6.40. The molecule has 2 aliphatic rings. The summed E-state index contributed by atoms with van der Waals surface area (Å²) in [7, 11) is 0. The number of fused-ring (bicyclic) bond motifs is 2. The van der Waals surface area contributed by atoms with E-state index in [0.29, 0.717) is 24.5 Å². The fourth-order valence-corrected chi connectivity index (χ4v) is 3.55. The Morgan fingerprint density at radius 3 is 3.08 bits per heavy atom. The summed E-state index contributed by atoms with van der Waals surface area (Å²) in [5.74, 6) is 0.0264. The minimum absolute atomic E-state index is 0.110. The van der Waals surface area contributed by atoms with Crippen molar-refractivity contribution in [1.29, 1.82) is 0 Å². The van der Waals surface area contributed by atoms with Crippen LogP contribution in [0.4, 0.5) is 10.2 Å². The van der Waals surface area contributed by atoms with Gasteiger partial charge in [-0.1, -0.05) is 6.07 Å². The van der Waals surface area contributed by atoms with Gasteiger partial charge < -0.3 is 9.64 Å². The van der Waals surface area contributed by atoms with Gasteiger partial charge in [-0.25, -0.2) is 9.37 Å². The Bertz CT molecular complexity index is 886. The third-order valence-corrected chi connectivity index (χ3v) is 4.92. The molecule has 2 aromatic rings. The maximum Gasteiger partial charge on any atom is 0.266 e. The van der Waals surface area contributed by atoms with Gasteiger partial charge in [0.1, 0.15) is 12.4 Å². The molecule has 1 atom stereocenters. The number of pyridine rings is 1. The number of aromatic nitrogens is 1. The van der Waals surface area contributed by atoms with E-state index in [1.54, 1.807) is 29.3 Å². The third kappa shape index (κ3) is 2.79. The van der Waals surface area contributed by atoms with Crippen LogP contribution in [0, 0.1) is 5.82 Å². The lowest BCUT2D eigenvalue weighted by molar-refractivity contribution is -0.134. The first-order valence-corrected chi connectivity index (χ1v) is 8.50. The summed E-state index contributed by atoms with van der Waals surface area (Å²) in [5.41, 5.74) is 1.87. The highest BCUT2D eigenvalue weighted by Crippen LogP contribution is 2.32. The number of anilines is 1. The summed E-state index contributed by atoms with van der Waals surface area (Å²) in [5, 5.41) is 0. The van der Waals surface area contributed by atoms with Gasteiger partial charge in [0, 0.05) is 12.7 Å². The summed E-state index contributed by atoms with van der Waals surface area (Å²) in [6.07, 6.45) is 2.22. The van der Waals surface area contributed by atoms with Crippen LogP contribution in [-0.2, 0) is 16.0 Å². The predicted octanol–water partition coefficient (Wildman–Crippen LogP) is 2.09. The molecule has 1 aromatic heterocycles. The predicted molar refractivity (Wildman–Crippen MR) is 92.3 cm³/mol. The summed E-state index contributed by atoms with van der Waals surface area (Å²) in [6.45, 7) is 2.19. The van der Waals surface area contributed by atoms with E-state index in [9.17, 15) is 14.0 Å². The molecule has 0 bridgehead atoms. The summed E-state index contributed by atoms with van der Waals surface area (Å²) >= 11 is 0. The molecule has 2 aliphatic heterocycles. The second-order valence-electron chi connectivity index (χ2n) is 6.45. The highest BCUT2D eigenvalue weighted by atomic mass is 19.1.